The molecule has 1 atom stereocenters. The first-order valence-electron chi connectivity index (χ1n) is 9.61. The van der Waals surface area contributed by atoms with Crippen molar-refractivity contribution in [3.63, 3.8) is 0 Å². The minimum atomic E-state index is -0.537. The summed E-state index contributed by atoms with van der Waals surface area (Å²) in [5.41, 5.74) is 3.37. The molecule has 1 saturated heterocycles. The monoisotopic (exact) mass is 368 g/mol. The summed E-state index contributed by atoms with van der Waals surface area (Å²) < 4.78 is 11.2. The molecule has 144 valence electrons. The second-order valence-electron chi connectivity index (χ2n) is 6.71. The second kappa shape index (κ2) is 9.42. The summed E-state index contributed by atoms with van der Waals surface area (Å²) in [7, 11) is 0. The third kappa shape index (κ3) is 5.23. The lowest BCUT2D eigenvalue weighted by Gasteiger charge is -2.28. The van der Waals surface area contributed by atoms with Crippen LogP contribution < -0.4 is 15.0 Å². The summed E-state index contributed by atoms with van der Waals surface area (Å²) in [5.74, 6) is 0.663. The standard InChI is InChI=1S/C22H28N2O3/c1-3-19-6-4-5-7-21(19)27-17(2)22(25)23-16-18-8-10-20(11-9-18)24-12-14-26-15-13-24/h4-11,17H,3,12-16H2,1-2H3,(H,23,25). The summed E-state index contributed by atoms with van der Waals surface area (Å²) >= 11 is 0. The topological polar surface area (TPSA) is 50.8 Å². The Morgan fingerprint density at radius 2 is 1.85 bits per heavy atom. The van der Waals surface area contributed by atoms with E-state index in [0.29, 0.717) is 6.54 Å². The lowest BCUT2D eigenvalue weighted by atomic mass is 10.1. The number of nitrogens with zero attached hydrogens (tertiary/aromatic N) is 1. The Bertz CT molecular complexity index is 739. The molecule has 1 amide bonds. The number of carbonyl (C=O) groups is 1. The van der Waals surface area contributed by atoms with Crippen LogP contribution in [0.4, 0.5) is 5.69 Å². The number of rotatable bonds is 7. The van der Waals surface area contributed by atoms with Crippen molar-refractivity contribution >= 4 is 11.6 Å². The Morgan fingerprint density at radius 3 is 2.56 bits per heavy atom. The summed E-state index contributed by atoms with van der Waals surface area (Å²) in [4.78, 5) is 14.7. The Labute approximate surface area is 161 Å². The number of carbonyl (C=O) groups excluding carboxylic acids is 1. The summed E-state index contributed by atoms with van der Waals surface area (Å²) in [6.45, 7) is 7.74. The maximum Gasteiger partial charge on any atom is 0.261 e. The predicted molar refractivity (Wildman–Crippen MR) is 107 cm³/mol. The number of hydrogen-bond donors (Lipinski definition) is 1. The average molecular weight is 368 g/mol. The first kappa shape index (κ1) is 19.2. The molecular weight excluding hydrogens is 340 g/mol. The number of para-hydroxylation sites is 1. The van der Waals surface area contributed by atoms with Crippen LogP contribution >= 0.6 is 0 Å². The molecule has 2 aromatic rings. The molecule has 1 aliphatic heterocycles. The molecule has 0 radical (unpaired) electrons. The first-order valence-corrected chi connectivity index (χ1v) is 9.61. The molecular formula is C22H28N2O3. The van der Waals surface area contributed by atoms with Gasteiger partial charge in [0.05, 0.1) is 13.2 Å². The van der Waals surface area contributed by atoms with E-state index >= 15 is 0 Å². The molecule has 1 heterocycles. The number of morpholine rings is 1. The van der Waals surface area contributed by atoms with Crippen molar-refractivity contribution in [2.75, 3.05) is 31.2 Å². The minimum Gasteiger partial charge on any atom is -0.481 e. The van der Waals surface area contributed by atoms with Gasteiger partial charge in [-0.15, -0.1) is 0 Å². The van der Waals surface area contributed by atoms with Gasteiger partial charge in [-0.05, 0) is 42.7 Å². The van der Waals surface area contributed by atoms with Crippen LogP contribution in [-0.2, 0) is 22.5 Å². The fourth-order valence-electron chi connectivity index (χ4n) is 3.13. The van der Waals surface area contributed by atoms with E-state index in [1.54, 1.807) is 6.92 Å². The summed E-state index contributed by atoms with van der Waals surface area (Å²) in [5, 5.41) is 2.96. The van der Waals surface area contributed by atoms with Crippen LogP contribution in [0.1, 0.15) is 25.0 Å². The van der Waals surface area contributed by atoms with Crippen LogP contribution in [0.15, 0.2) is 48.5 Å². The normalized spacial score (nSPS) is 15.3. The Balaban J connectivity index is 1.50. The third-order valence-corrected chi connectivity index (χ3v) is 4.81. The molecule has 0 aromatic heterocycles. The highest BCUT2D eigenvalue weighted by molar-refractivity contribution is 5.80. The maximum atomic E-state index is 12.4. The maximum absolute atomic E-state index is 12.4. The van der Waals surface area contributed by atoms with Gasteiger partial charge >= 0.3 is 0 Å². The minimum absolute atomic E-state index is 0.113. The molecule has 2 aromatic carbocycles. The fourth-order valence-corrected chi connectivity index (χ4v) is 3.13. The zero-order valence-electron chi connectivity index (χ0n) is 16.1. The van der Waals surface area contributed by atoms with Crippen LogP contribution in [0.25, 0.3) is 0 Å². The molecule has 0 bridgehead atoms. The number of anilines is 1. The number of nitrogens with one attached hydrogen (secondary N) is 1. The molecule has 1 aliphatic rings. The molecule has 1 N–H and O–H groups in total. The van der Waals surface area contributed by atoms with Crippen LogP contribution in [0.2, 0.25) is 0 Å². The van der Waals surface area contributed by atoms with Crippen molar-refractivity contribution in [2.24, 2.45) is 0 Å². The highest BCUT2D eigenvalue weighted by Gasteiger charge is 2.16. The molecule has 5 heteroatoms. The lowest BCUT2D eigenvalue weighted by Crippen LogP contribution is -2.36. The molecule has 0 aliphatic carbocycles. The van der Waals surface area contributed by atoms with E-state index in [4.69, 9.17) is 9.47 Å². The van der Waals surface area contributed by atoms with Crippen molar-refractivity contribution in [1.29, 1.82) is 0 Å². The number of hydrogen-bond acceptors (Lipinski definition) is 4. The van der Waals surface area contributed by atoms with Gasteiger partial charge in [0, 0.05) is 25.3 Å². The fraction of sp³-hybridized carbons (Fsp3) is 0.409. The van der Waals surface area contributed by atoms with Gasteiger partial charge in [-0.3, -0.25) is 4.79 Å². The molecule has 1 fully saturated rings. The molecule has 5 nitrogen and oxygen atoms in total. The van der Waals surface area contributed by atoms with Crippen LogP contribution in [-0.4, -0.2) is 38.3 Å². The Morgan fingerprint density at radius 1 is 1.15 bits per heavy atom. The first-order chi connectivity index (χ1) is 13.2. The van der Waals surface area contributed by atoms with Crippen molar-refractivity contribution in [3.05, 3.63) is 59.7 Å². The average Bonchev–Trinajstić information content (AvgIpc) is 2.73. The van der Waals surface area contributed by atoms with Gasteiger partial charge in [0.25, 0.3) is 5.91 Å². The Hall–Kier alpha value is -2.53. The molecule has 1 unspecified atom stereocenters. The van der Waals surface area contributed by atoms with Gasteiger partial charge in [0.2, 0.25) is 0 Å². The van der Waals surface area contributed by atoms with Crippen molar-refractivity contribution < 1.29 is 14.3 Å². The molecule has 0 saturated carbocycles. The van der Waals surface area contributed by atoms with Gasteiger partial charge < -0.3 is 19.7 Å². The van der Waals surface area contributed by atoms with Gasteiger partial charge in [-0.1, -0.05) is 37.3 Å². The second-order valence-corrected chi connectivity index (χ2v) is 6.71. The number of ether oxygens (including phenoxy) is 2. The number of aryl methyl sites for hydroxylation is 1. The van der Waals surface area contributed by atoms with Gasteiger partial charge in [0.15, 0.2) is 6.10 Å². The third-order valence-electron chi connectivity index (χ3n) is 4.81. The molecule has 3 rings (SSSR count). The zero-order chi connectivity index (χ0) is 19.1. The predicted octanol–water partition coefficient (Wildman–Crippen LogP) is 3.17. The smallest absolute Gasteiger partial charge is 0.261 e. The Kier molecular flexibility index (Phi) is 6.71. The van der Waals surface area contributed by atoms with Gasteiger partial charge in [-0.2, -0.15) is 0 Å². The summed E-state index contributed by atoms with van der Waals surface area (Å²) in [6, 6.07) is 16.2. The summed E-state index contributed by atoms with van der Waals surface area (Å²) in [6.07, 6.45) is 0.338. The highest BCUT2D eigenvalue weighted by Crippen LogP contribution is 2.20. The molecule has 0 spiro atoms. The van der Waals surface area contributed by atoms with E-state index < -0.39 is 6.10 Å². The van der Waals surface area contributed by atoms with Crippen LogP contribution in [0.3, 0.4) is 0 Å². The van der Waals surface area contributed by atoms with Crippen molar-refractivity contribution in [1.82, 2.24) is 5.32 Å². The van der Waals surface area contributed by atoms with E-state index in [1.165, 1.54) is 5.69 Å². The van der Waals surface area contributed by atoms with Crippen LogP contribution in [0.5, 0.6) is 5.75 Å². The van der Waals surface area contributed by atoms with Crippen molar-refractivity contribution in [3.8, 4) is 5.75 Å². The van der Waals surface area contributed by atoms with Crippen LogP contribution in [0, 0.1) is 0 Å². The van der Waals surface area contributed by atoms with Gasteiger partial charge in [0.1, 0.15) is 5.75 Å². The molecule has 27 heavy (non-hydrogen) atoms. The number of amides is 1. The largest absolute Gasteiger partial charge is 0.481 e. The van der Waals surface area contributed by atoms with E-state index in [1.807, 2.05) is 24.3 Å². The lowest BCUT2D eigenvalue weighted by molar-refractivity contribution is -0.127. The zero-order valence-corrected chi connectivity index (χ0v) is 16.1. The van der Waals surface area contributed by atoms with Gasteiger partial charge in [-0.25, -0.2) is 0 Å². The SMILES string of the molecule is CCc1ccccc1OC(C)C(=O)NCc1ccc(N2CCOCC2)cc1. The number of benzene rings is 2. The van der Waals surface area contributed by atoms with E-state index in [-0.39, 0.29) is 5.91 Å². The quantitative estimate of drug-likeness (QED) is 0.816. The van der Waals surface area contributed by atoms with E-state index in [0.717, 1.165) is 49.6 Å². The van der Waals surface area contributed by atoms with Crippen molar-refractivity contribution in [2.45, 2.75) is 32.9 Å². The highest BCUT2D eigenvalue weighted by atomic mass is 16.5. The van der Waals surface area contributed by atoms with E-state index in [9.17, 15) is 4.79 Å². The van der Waals surface area contributed by atoms with E-state index in [2.05, 4.69) is 41.4 Å².